The van der Waals surface area contributed by atoms with E-state index in [-0.39, 0.29) is 17.7 Å². The predicted octanol–water partition coefficient (Wildman–Crippen LogP) is 10.3. The number of amides is 3. The van der Waals surface area contributed by atoms with Crippen LogP contribution in [-0.2, 0) is 52.9 Å². The molecule has 0 atom stereocenters. The van der Waals surface area contributed by atoms with Gasteiger partial charge in [0, 0.05) is 109 Å². The lowest BCUT2D eigenvalue weighted by atomic mass is 10.0. The summed E-state index contributed by atoms with van der Waals surface area (Å²) < 4.78 is 0. The molecule has 9 rings (SSSR count). The standard InChI is InChI=1S/3C19H20N2O/c3*1-14(22)20-12-11-17-16-9-5-6-10-18(16)21-19(17)13-15-7-3-2-4-8-15/h3*2-10,21H,11-13H2,1H3,(H,20,22). The van der Waals surface area contributed by atoms with Gasteiger partial charge < -0.3 is 30.9 Å². The molecule has 0 aliphatic carbocycles. The number of para-hydroxylation sites is 3. The van der Waals surface area contributed by atoms with E-state index in [9.17, 15) is 14.4 Å². The Morgan fingerprint density at radius 2 is 0.591 bits per heavy atom. The van der Waals surface area contributed by atoms with Crippen LogP contribution in [0.2, 0.25) is 0 Å². The number of fused-ring (bicyclic) bond motifs is 3. The van der Waals surface area contributed by atoms with E-state index in [0.717, 1.165) is 55.1 Å². The minimum atomic E-state index is 0.0180. The van der Waals surface area contributed by atoms with Gasteiger partial charge in [-0.2, -0.15) is 0 Å². The summed E-state index contributed by atoms with van der Waals surface area (Å²) in [5.74, 6) is 0.0540. The number of nitrogens with one attached hydrogen (secondary N) is 6. The Kier molecular flexibility index (Phi) is 16.4. The van der Waals surface area contributed by atoms with Crippen LogP contribution in [0.3, 0.4) is 0 Å². The number of rotatable bonds is 15. The highest BCUT2D eigenvalue weighted by atomic mass is 16.2. The van der Waals surface area contributed by atoms with Crippen LogP contribution in [0.4, 0.5) is 0 Å². The molecular formula is C57H60N6O3. The Bertz CT molecular complexity index is 2650. The van der Waals surface area contributed by atoms with Crippen molar-refractivity contribution in [3.8, 4) is 0 Å². The molecule has 0 aliphatic rings. The van der Waals surface area contributed by atoms with Crippen LogP contribution in [-0.4, -0.2) is 52.3 Å². The SMILES string of the molecule is CC(=O)NCCc1c(Cc2ccccc2)[nH]c2ccccc12.CC(=O)NCCc1c(Cc2ccccc2)[nH]c2ccccc12.CC(=O)NCCc1c(Cc2ccccc2)[nH]c2ccccc12. The lowest BCUT2D eigenvalue weighted by Gasteiger charge is -2.06. The van der Waals surface area contributed by atoms with E-state index in [2.05, 4.69) is 158 Å². The van der Waals surface area contributed by atoms with Crippen molar-refractivity contribution in [2.24, 2.45) is 0 Å². The number of aromatic nitrogens is 3. The van der Waals surface area contributed by atoms with Gasteiger partial charge in [-0.15, -0.1) is 0 Å². The van der Waals surface area contributed by atoms with Crippen molar-refractivity contribution in [2.75, 3.05) is 19.6 Å². The highest BCUT2D eigenvalue weighted by Gasteiger charge is 2.14. The summed E-state index contributed by atoms with van der Waals surface area (Å²) in [6.07, 6.45) is 5.16. The first kappa shape index (κ1) is 46.3. The molecule has 0 unspecified atom stereocenters. The van der Waals surface area contributed by atoms with Gasteiger partial charge in [-0.3, -0.25) is 14.4 Å². The maximum Gasteiger partial charge on any atom is 0.216 e. The summed E-state index contributed by atoms with van der Waals surface area (Å²) in [6.45, 7) is 6.66. The minimum absolute atomic E-state index is 0.0180. The smallest absolute Gasteiger partial charge is 0.216 e. The van der Waals surface area contributed by atoms with E-state index in [4.69, 9.17) is 0 Å². The maximum absolute atomic E-state index is 11.1. The predicted molar refractivity (Wildman–Crippen MR) is 270 cm³/mol. The van der Waals surface area contributed by atoms with Crippen molar-refractivity contribution in [3.63, 3.8) is 0 Å². The van der Waals surface area contributed by atoms with Crippen molar-refractivity contribution >= 4 is 50.4 Å². The van der Waals surface area contributed by atoms with Crippen molar-refractivity contribution in [2.45, 2.75) is 59.3 Å². The summed E-state index contributed by atoms with van der Waals surface area (Å²) >= 11 is 0. The monoisotopic (exact) mass is 876 g/mol. The van der Waals surface area contributed by atoms with Crippen molar-refractivity contribution in [3.05, 3.63) is 214 Å². The minimum Gasteiger partial charge on any atom is -0.358 e. The zero-order chi connectivity index (χ0) is 46.1. The third-order valence-electron chi connectivity index (χ3n) is 11.6. The largest absolute Gasteiger partial charge is 0.358 e. The van der Waals surface area contributed by atoms with Gasteiger partial charge in [-0.25, -0.2) is 0 Å². The van der Waals surface area contributed by atoms with E-state index in [0.29, 0.717) is 19.6 Å². The molecule has 0 aliphatic heterocycles. The summed E-state index contributed by atoms with van der Waals surface area (Å²) in [4.78, 5) is 43.9. The van der Waals surface area contributed by atoms with Crippen LogP contribution in [0.25, 0.3) is 32.7 Å². The number of hydrogen-bond acceptors (Lipinski definition) is 3. The van der Waals surface area contributed by atoms with Gasteiger partial charge in [0.15, 0.2) is 0 Å². The normalized spacial score (nSPS) is 10.8. The quantitative estimate of drug-likeness (QED) is 0.0612. The molecule has 9 heteroatoms. The van der Waals surface area contributed by atoms with Gasteiger partial charge in [0.05, 0.1) is 0 Å². The third-order valence-corrected chi connectivity index (χ3v) is 11.6. The third kappa shape index (κ3) is 13.0. The van der Waals surface area contributed by atoms with Crippen LogP contribution in [0.5, 0.6) is 0 Å². The van der Waals surface area contributed by atoms with Crippen molar-refractivity contribution < 1.29 is 14.4 Å². The maximum atomic E-state index is 11.1. The Balaban J connectivity index is 0.000000147. The number of hydrogen-bond donors (Lipinski definition) is 6. The molecule has 9 nitrogen and oxygen atoms in total. The zero-order valence-electron chi connectivity index (χ0n) is 38.2. The zero-order valence-corrected chi connectivity index (χ0v) is 38.2. The first-order valence-electron chi connectivity index (χ1n) is 22.8. The van der Waals surface area contributed by atoms with Gasteiger partial charge in [0.1, 0.15) is 0 Å². The second-order valence-electron chi connectivity index (χ2n) is 16.6. The first-order valence-corrected chi connectivity index (χ1v) is 22.8. The summed E-state index contributed by atoms with van der Waals surface area (Å²) in [5, 5.41) is 12.4. The van der Waals surface area contributed by atoms with E-state index in [1.165, 1.54) is 66.6 Å². The molecule has 6 aromatic carbocycles. The van der Waals surface area contributed by atoms with Gasteiger partial charge >= 0.3 is 0 Å². The first-order chi connectivity index (χ1) is 32.2. The molecule has 0 bridgehead atoms. The Labute approximate surface area is 387 Å². The molecule has 66 heavy (non-hydrogen) atoms. The van der Waals surface area contributed by atoms with E-state index < -0.39 is 0 Å². The second-order valence-corrected chi connectivity index (χ2v) is 16.6. The average Bonchev–Trinajstić information content (AvgIpc) is 3.97. The topological polar surface area (TPSA) is 135 Å². The molecule has 0 saturated heterocycles. The summed E-state index contributed by atoms with van der Waals surface area (Å²) in [5.41, 5.74) is 14.9. The molecule has 3 amide bonds. The number of carbonyl (C=O) groups excluding carboxylic acids is 3. The number of H-pyrrole nitrogens is 3. The number of aromatic amines is 3. The summed E-state index contributed by atoms with van der Waals surface area (Å²) in [6, 6.07) is 56.4. The molecule has 0 spiro atoms. The molecule has 0 saturated carbocycles. The van der Waals surface area contributed by atoms with Crippen LogP contribution < -0.4 is 16.0 Å². The molecule has 3 aromatic heterocycles. The highest BCUT2D eigenvalue weighted by Crippen LogP contribution is 2.27. The lowest BCUT2D eigenvalue weighted by Crippen LogP contribution is -2.22. The van der Waals surface area contributed by atoms with Crippen LogP contribution in [0.15, 0.2) is 164 Å². The lowest BCUT2D eigenvalue weighted by molar-refractivity contribution is -0.119. The number of benzene rings is 6. The van der Waals surface area contributed by atoms with Crippen LogP contribution in [0.1, 0.15) is 71.2 Å². The van der Waals surface area contributed by atoms with Gasteiger partial charge in [0.25, 0.3) is 0 Å². The fourth-order valence-corrected chi connectivity index (χ4v) is 8.57. The Morgan fingerprint density at radius 1 is 0.348 bits per heavy atom. The molecular weight excluding hydrogens is 817 g/mol. The van der Waals surface area contributed by atoms with Gasteiger partial charge in [0.2, 0.25) is 17.7 Å². The molecule has 6 N–H and O–H groups in total. The van der Waals surface area contributed by atoms with E-state index in [1.807, 2.05) is 36.4 Å². The van der Waals surface area contributed by atoms with Crippen molar-refractivity contribution in [1.29, 1.82) is 0 Å². The molecule has 336 valence electrons. The van der Waals surface area contributed by atoms with Crippen molar-refractivity contribution in [1.82, 2.24) is 30.9 Å². The molecule has 0 radical (unpaired) electrons. The van der Waals surface area contributed by atoms with Crippen LogP contribution >= 0.6 is 0 Å². The van der Waals surface area contributed by atoms with Gasteiger partial charge in [-0.1, -0.05) is 146 Å². The fourth-order valence-electron chi connectivity index (χ4n) is 8.57. The second kappa shape index (κ2) is 23.3. The molecule has 3 heterocycles. The Hall–Kier alpha value is -7.65. The Morgan fingerprint density at radius 3 is 0.848 bits per heavy atom. The highest BCUT2D eigenvalue weighted by molar-refractivity contribution is 5.87. The number of carbonyl (C=O) groups is 3. The average molecular weight is 877 g/mol. The summed E-state index contributed by atoms with van der Waals surface area (Å²) in [7, 11) is 0. The molecule has 0 fully saturated rings. The van der Waals surface area contributed by atoms with E-state index in [1.54, 1.807) is 20.8 Å². The van der Waals surface area contributed by atoms with Gasteiger partial charge in [-0.05, 0) is 70.8 Å². The van der Waals surface area contributed by atoms with Crippen LogP contribution in [0, 0.1) is 0 Å². The molecule has 9 aromatic rings. The van der Waals surface area contributed by atoms with E-state index >= 15 is 0 Å². The fraction of sp³-hybridized carbons (Fsp3) is 0.211.